The Morgan fingerprint density at radius 2 is 1.60 bits per heavy atom. The van der Waals surface area contributed by atoms with Crippen molar-refractivity contribution < 1.29 is 34.8 Å². The lowest BCUT2D eigenvalue weighted by atomic mass is 10.4. The largest absolute Gasteiger partial charge is 0.290 e. The highest BCUT2D eigenvalue weighted by atomic mass is 32.2. The van der Waals surface area contributed by atoms with Crippen LogP contribution in [0.25, 0.3) is 0 Å². The molecule has 0 saturated carbocycles. The second-order valence-electron chi connectivity index (χ2n) is 2.56. The predicted octanol–water partition coefficient (Wildman–Crippen LogP) is 2.08. The molecule has 0 rings (SSSR count). The topological polar surface area (TPSA) is 34.1 Å². The Morgan fingerprint density at radius 3 is 1.93 bits per heavy atom. The first kappa shape index (κ1) is 14.3. The molecule has 0 aliphatic carbocycles. The molecular formula is C6H6F6O2S. The molecular weight excluding hydrogens is 250 g/mol. The van der Waals surface area contributed by atoms with Crippen molar-refractivity contribution in [1.29, 1.82) is 0 Å². The molecule has 0 radical (unpaired) electrons. The fraction of sp³-hybridized carbons (Fsp3) is 0.667. The smallest absolute Gasteiger partial charge is 0.244 e. The van der Waals surface area contributed by atoms with E-state index in [4.69, 9.17) is 0 Å². The van der Waals surface area contributed by atoms with Gasteiger partial charge in [0.05, 0.1) is 0 Å². The van der Waals surface area contributed by atoms with Crippen LogP contribution in [0, 0.1) is 0 Å². The van der Waals surface area contributed by atoms with Crippen molar-refractivity contribution in [3.63, 3.8) is 0 Å². The molecule has 0 atom stereocenters. The molecule has 0 aromatic heterocycles. The lowest BCUT2D eigenvalue weighted by molar-refractivity contribution is 0.000545. The van der Waals surface area contributed by atoms with Crippen molar-refractivity contribution in [2.75, 3.05) is 19.1 Å². The van der Waals surface area contributed by atoms with Gasteiger partial charge in [-0.1, -0.05) is 0 Å². The summed E-state index contributed by atoms with van der Waals surface area (Å²) in [4.78, 5) is 0. The molecule has 0 saturated heterocycles. The van der Waals surface area contributed by atoms with Gasteiger partial charge in [-0.2, -0.15) is 4.39 Å². The summed E-state index contributed by atoms with van der Waals surface area (Å²) in [5.41, 5.74) is 0. The zero-order valence-electron chi connectivity index (χ0n) is 7.11. The zero-order valence-corrected chi connectivity index (χ0v) is 7.93. The highest BCUT2D eigenvalue weighted by molar-refractivity contribution is 7.95. The summed E-state index contributed by atoms with van der Waals surface area (Å²) in [6.45, 7) is -4.41. The van der Waals surface area contributed by atoms with E-state index in [1.54, 1.807) is 0 Å². The average molecular weight is 256 g/mol. The van der Waals surface area contributed by atoms with Crippen molar-refractivity contribution in [3.05, 3.63) is 11.0 Å². The van der Waals surface area contributed by atoms with Crippen LogP contribution in [0.15, 0.2) is 11.0 Å². The summed E-state index contributed by atoms with van der Waals surface area (Å²) >= 11 is 0. The van der Waals surface area contributed by atoms with Crippen molar-refractivity contribution in [2.24, 2.45) is 0 Å². The number of allylic oxidation sites excluding steroid dienone is 1. The minimum atomic E-state index is -5.33. The van der Waals surface area contributed by atoms with Crippen LogP contribution < -0.4 is 0 Å². The molecule has 0 aliphatic rings. The van der Waals surface area contributed by atoms with E-state index in [0.717, 1.165) is 0 Å². The summed E-state index contributed by atoms with van der Waals surface area (Å²) in [5.74, 6) is -8.88. The molecule has 0 aromatic carbocycles. The number of rotatable bonds is 5. The van der Waals surface area contributed by atoms with Crippen LogP contribution >= 0.6 is 0 Å². The number of alkyl halides is 4. The Labute approximate surface area is 81.5 Å². The number of sulfone groups is 1. The van der Waals surface area contributed by atoms with Gasteiger partial charge < -0.3 is 0 Å². The van der Waals surface area contributed by atoms with Gasteiger partial charge in [-0.3, -0.25) is 0 Å². The quantitative estimate of drug-likeness (QED) is 0.706. The van der Waals surface area contributed by atoms with E-state index < -0.39 is 45.8 Å². The molecule has 0 fully saturated rings. The fourth-order valence-corrected chi connectivity index (χ4v) is 1.75. The number of hydrogen-bond donors (Lipinski definition) is 0. The van der Waals surface area contributed by atoms with Gasteiger partial charge in [0.2, 0.25) is 15.0 Å². The molecule has 0 spiro atoms. The Hall–Kier alpha value is -0.730. The lowest BCUT2D eigenvalue weighted by Crippen LogP contribution is -2.30. The Bertz CT molecular complexity index is 347. The second-order valence-corrected chi connectivity index (χ2v) is 4.44. The molecule has 15 heavy (non-hydrogen) atoms. The number of halogens is 6. The van der Waals surface area contributed by atoms with E-state index in [-0.39, 0.29) is 0 Å². The van der Waals surface area contributed by atoms with Gasteiger partial charge in [-0.25, -0.2) is 30.4 Å². The van der Waals surface area contributed by atoms with Crippen LogP contribution in [0.2, 0.25) is 0 Å². The molecule has 2 nitrogen and oxygen atoms in total. The first-order chi connectivity index (χ1) is 6.66. The zero-order chi connectivity index (χ0) is 12.3. The van der Waals surface area contributed by atoms with E-state index in [1.807, 2.05) is 0 Å². The van der Waals surface area contributed by atoms with Crippen LogP contribution in [0.3, 0.4) is 0 Å². The Morgan fingerprint density at radius 1 is 1.13 bits per heavy atom. The molecule has 0 heterocycles. The van der Waals surface area contributed by atoms with Gasteiger partial charge in [-0.15, -0.1) is 0 Å². The van der Waals surface area contributed by atoms with E-state index in [2.05, 4.69) is 0 Å². The molecule has 9 heteroatoms. The monoisotopic (exact) mass is 256 g/mol. The first-order valence-corrected chi connectivity index (χ1v) is 5.08. The van der Waals surface area contributed by atoms with Gasteiger partial charge in [0.1, 0.15) is 12.4 Å². The second kappa shape index (κ2) is 4.86. The van der Waals surface area contributed by atoms with Crippen molar-refractivity contribution in [2.45, 2.75) is 5.92 Å². The SMILES string of the molecule is O=S(=O)(CC(F)(F)CF)/C(F)=C(/F)CF. The minimum Gasteiger partial charge on any atom is -0.244 e. The van der Waals surface area contributed by atoms with Crippen LogP contribution in [-0.4, -0.2) is 33.4 Å². The third-order valence-electron chi connectivity index (χ3n) is 1.20. The summed E-state index contributed by atoms with van der Waals surface area (Å²) in [6, 6.07) is 0. The van der Waals surface area contributed by atoms with E-state index in [9.17, 15) is 34.8 Å². The molecule has 0 bridgehead atoms. The van der Waals surface area contributed by atoms with E-state index in [0.29, 0.717) is 0 Å². The van der Waals surface area contributed by atoms with Crippen molar-refractivity contribution in [1.82, 2.24) is 0 Å². The molecule has 0 aromatic rings. The van der Waals surface area contributed by atoms with Crippen LogP contribution in [0.1, 0.15) is 0 Å². The highest BCUT2D eigenvalue weighted by Crippen LogP contribution is 2.24. The van der Waals surface area contributed by atoms with Crippen LogP contribution in [-0.2, 0) is 9.84 Å². The predicted molar refractivity (Wildman–Crippen MR) is 39.9 cm³/mol. The van der Waals surface area contributed by atoms with Crippen molar-refractivity contribution >= 4 is 9.84 Å². The summed E-state index contributed by atoms with van der Waals surface area (Å²) in [5, 5.41) is -2.63. The van der Waals surface area contributed by atoms with E-state index >= 15 is 0 Å². The molecule has 0 amide bonds. The summed E-state index contributed by atoms with van der Waals surface area (Å²) < 4.78 is 93.3. The van der Waals surface area contributed by atoms with Gasteiger partial charge >= 0.3 is 0 Å². The maximum absolute atomic E-state index is 12.5. The van der Waals surface area contributed by atoms with E-state index in [1.165, 1.54) is 0 Å². The summed E-state index contributed by atoms with van der Waals surface area (Å²) in [7, 11) is -5.33. The first-order valence-electron chi connectivity index (χ1n) is 3.43. The average Bonchev–Trinajstić information content (AvgIpc) is 2.14. The molecule has 0 aliphatic heterocycles. The summed E-state index contributed by atoms with van der Waals surface area (Å²) in [6.07, 6.45) is 0. The molecule has 0 N–H and O–H groups in total. The lowest BCUT2D eigenvalue weighted by Gasteiger charge is -2.11. The van der Waals surface area contributed by atoms with Gasteiger partial charge in [0.25, 0.3) is 5.92 Å². The van der Waals surface area contributed by atoms with Gasteiger partial charge in [-0.05, 0) is 0 Å². The highest BCUT2D eigenvalue weighted by Gasteiger charge is 2.39. The number of hydrogen-bond acceptors (Lipinski definition) is 2. The third kappa shape index (κ3) is 4.10. The maximum Gasteiger partial charge on any atom is 0.290 e. The Kier molecular flexibility index (Phi) is 4.63. The van der Waals surface area contributed by atoms with Crippen LogP contribution in [0.4, 0.5) is 26.3 Å². The van der Waals surface area contributed by atoms with Crippen LogP contribution in [0.5, 0.6) is 0 Å². The fourth-order valence-electron chi connectivity index (χ4n) is 0.601. The van der Waals surface area contributed by atoms with Gasteiger partial charge in [0.15, 0.2) is 12.5 Å². The Balaban J connectivity index is 5.04. The minimum absolute atomic E-state index is 2.08. The molecule has 0 unspecified atom stereocenters. The standard InChI is InChI=1S/C6H6F6O2S/c7-1-4(9)5(10)15(13,14)3-6(11,12)2-8/h1-3H2/b5-4+. The maximum atomic E-state index is 12.5. The van der Waals surface area contributed by atoms with Crippen molar-refractivity contribution in [3.8, 4) is 0 Å². The third-order valence-corrected chi connectivity index (χ3v) is 2.77. The normalized spacial score (nSPS) is 15.1. The van der Waals surface area contributed by atoms with Gasteiger partial charge in [0, 0.05) is 0 Å². The molecule has 90 valence electrons.